The third kappa shape index (κ3) is 3.93. The highest BCUT2D eigenvalue weighted by Crippen LogP contribution is 2.20. The molecule has 0 aromatic carbocycles. The van der Waals surface area contributed by atoms with Gasteiger partial charge in [-0.05, 0) is 32.4 Å². The number of piperidine rings is 1. The molecule has 102 valence electrons. The summed E-state index contributed by atoms with van der Waals surface area (Å²) < 4.78 is 0. The molecule has 0 spiro atoms. The van der Waals surface area contributed by atoms with Crippen LogP contribution in [-0.4, -0.2) is 24.0 Å². The number of hydrogen-bond donors (Lipinski definition) is 2. The maximum Gasteiger partial charge on any atom is 0.223 e. The molecule has 2 heterocycles. The third-order valence-electron chi connectivity index (χ3n) is 3.18. The van der Waals surface area contributed by atoms with Gasteiger partial charge in [0.05, 0.1) is 6.04 Å². The molecule has 6 heteroatoms. The van der Waals surface area contributed by atoms with E-state index in [2.05, 4.69) is 22.5 Å². The first-order valence-electron chi connectivity index (χ1n) is 6.21. The number of rotatable bonds is 4. The summed E-state index contributed by atoms with van der Waals surface area (Å²) in [5.41, 5.74) is 0. The largest absolute Gasteiger partial charge is 0.347 e. The average molecular weight is 290 g/mol. The second-order valence-electron chi connectivity index (χ2n) is 4.36. The van der Waals surface area contributed by atoms with Crippen LogP contribution in [0.15, 0.2) is 11.6 Å². The van der Waals surface area contributed by atoms with E-state index in [1.54, 1.807) is 17.5 Å². The molecule has 1 saturated heterocycles. The Morgan fingerprint density at radius 3 is 2.89 bits per heavy atom. The first kappa shape index (κ1) is 15.4. The second kappa shape index (κ2) is 7.71. The van der Waals surface area contributed by atoms with Crippen LogP contribution >= 0.6 is 23.7 Å². The topological polar surface area (TPSA) is 54.0 Å². The van der Waals surface area contributed by atoms with E-state index in [1.807, 2.05) is 5.38 Å². The minimum Gasteiger partial charge on any atom is -0.347 e. The average Bonchev–Trinajstić information content (AvgIpc) is 2.90. The molecule has 1 fully saturated rings. The molecule has 0 bridgehead atoms. The number of nitrogens with zero attached hydrogens (tertiary/aromatic N) is 1. The lowest BCUT2D eigenvalue weighted by Gasteiger charge is -2.24. The Bertz CT molecular complexity index is 352. The standard InChI is InChI=1S/C12H19N3OS.ClH/c1-2-10(12-14-7-8-17-12)15-11(16)9-3-5-13-6-4-9;/h7-10,13H,2-6H2,1H3,(H,15,16);1H. The van der Waals surface area contributed by atoms with Crippen LogP contribution in [0.5, 0.6) is 0 Å². The van der Waals surface area contributed by atoms with E-state index >= 15 is 0 Å². The summed E-state index contributed by atoms with van der Waals surface area (Å²) in [5, 5.41) is 9.36. The van der Waals surface area contributed by atoms with Gasteiger partial charge in [-0.15, -0.1) is 23.7 Å². The molecule has 1 atom stereocenters. The summed E-state index contributed by atoms with van der Waals surface area (Å²) in [4.78, 5) is 16.4. The van der Waals surface area contributed by atoms with Crippen molar-refractivity contribution in [3.8, 4) is 0 Å². The fraction of sp³-hybridized carbons (Fsp3) is 0.667. The van der Waals surface area contributed by atoms with Crippen molar-refractivity contribution in [1.82, 2.24) is 15.6 Å². The van der Waals surface area contributed by atoms with Gasteiger partial charge in [-0.3, -0.25) is 4.79 Å². The molecule has 0 saturated carbocycles. The van der Waals surface area contributed by atoms with Gasteiger partial charge in [0.25, 0.3) is 0 Å². The third-order valence-corrected chi connectivity index (χ3v) is 4.07. The van der Waals surface area contributed by atoms with Crippen molar-refractivity contribution in [3.63, 3.8) is 0 Å². The second-order valence-corrected chi connectivity index (χ2v) is 5.29. The molecule has 1 unspecified atom stereocenters. The molecular weight excluding hydrogens is 270 g/mol. The number of aromatic nitrogens is 1. The van der Waals surface area contributed by atoms with Crippen LogP contribution in [0.2, 0.25) is 0 Å². The van der Waals surface area contributed by atoms with Gasteiger partial charge in [0, 0.05) is 17.5 Å². The van der Waals surface area contributed by atoms with E-state index in [0.29, 0.717) is 0 Å². The first-order chi connectivity index (χ1) is 8.31. The van der Waals surface area contributed by atoms with Crippen LogP contribution in [0.1, 0.15) is 37.2 Å². The number of thiazole rings is 1. The number of nitrogens with one attached hydrogen (secondary N) is 2. The predicted octanol–water partition coefficient (Wildman–Crippen LogP) is 2.13. The maximum atomic E-state index is 12.1. The van der Waals surface area contributed by atoms with Crippen molar-refractivity contribution in [2.45, 2.75) is 32.2 Å². The van der Waals surface area contributed by atoms with E-state index in [9.17, 15) is 4.79 Å². The van der Waals surface area contributed by atoms with Gasteiger partial charge in [0.2, 0.25) is 5.91 Å². The molecule has 0 radical (unpaired) electrons. The number of carbonyl (C=O) groups is 1. The van der Waals surface area contributed by atoms with Crippen LogP contribution in [0, 0.1) is 5.92 Å². The molecule has 2 rings (SSSR count). The predicted molar refractivity (Wildman–Crippen MR) is 76.1 cm³/mol. The summed E-state index contributed by atoms with van der Waals surface area (Å²) in [6.07, 6.45) is 4.57. The summed E-state index contributed by atoms with van der Waals surface area (Å²) in [7, 11) is 0. The van der Waals surface area contributed by atoms with E-state index < -0.39 is 0 Å². The summed E-state index contributed by atoms with van der Waals surface area (Å²) in [5.74, 6) is 0.360. The Balaban J connectivity index is 0.00000162. The van der Waals surface area contributed by atoms with E-state index in [4.69, 9.17) is 0 Å². The first-order valence-corrected chi connectivity index (χ1v) is 7.09. The Hall–Kier alpha value is -0.650. The van der Waals surface area contributed by atoms with Gasteiger partial charge in [-0.25, -0.2) is 4.98 Å². The van der Waals surface area contributed by atoms with Crippen LogP contribution in [0.25, 0.3) is 0 Å². The summed E-state index contributed by atoms with van der Waals surface area (Å²) in [6, 6.07) is 0.0809. The molecule has 1 aliphatic heterocycles. The monoisotopic (exact) mass is 289 g/mol. The number of halogens is 1. The highest BCUT2D eigenvalue weighted by molar-refractivity contribution is 7.09. The van der Waals surface area contributed by atoms with Gasteiger partial charge in [0.15, 0.2) is 0 Å². The zero-order valence-electron chi connectivity index (χ0n) is 10.5. The van der Waals surface area contributed by atoms with Gasteiger partial charge < -0.3 is 10.6 Å². The molecule has 1 aromatic rings. The van der Waals surface area contributed by atoms with Crippen molar-refractivity contribution in [2.75, 3.05) is 13.1 Å². The summed E-state index contributed by atoms with van der Waals surface area (Å²) in [6.45, 7) is 3.98. The minimum atomic E-state index is 0. The van der Waals surface area contributed by atoms with Gasteiger partial charge >= 0.3 is 0 Å². The Labute approximate surface area is 118 Å². The van der Waals surface area contributed by atoms with Gasteiger partial charge in [-0.2, -0.15) is 0 Å². The fourth-order valence-electron chi connectivity index (χ4n) is 2.12. The van der Waals surface area contributed by atoms with Crippen LogP contribution in [0.4, 0.5) is 0 Å². The molecule has 1 aromatic heterocycles. The highest BCUT2D eigenvalue weighted by atomic mass is 35.5. The quantitative estimate of drug-likeness (QED) is 0.893. The zero-order valence-corrected chi connectivity index (χ0v) is 12.1. The number of carbonyl (C=O) groups excluding carboxylic acids is 1. The summed E-state index contributed by atoms with van der Waals surface area (Å²) >= 11 is 1.61. The van der Waals surface area contributed by atoms with Gasteiger partial charge in [0.1, 0.15) is 5.01 Å². The molecule has 4 nitrogen and oxygen atoms in total. The van der Waals surface area contributed by atoms with Crippen molar-refractivity contribution < 1.29 is 4.79 Å². The highest BCUT2D eigenvalue weighted by Gasteiger charge is 2.23. The van der Waals surface area contributed by atoms with Crippen LogP contribution in [-0.2, 0) is 4.79 Å². The van der Waals surface area contributed by atoms with E-state index in [-0.39, 0.29) is 30.3 Å². The smallest absolute Gasteiger partial charge is 0.223 e. The fourth-order valence-corrected chi connectivity index (χ4v) is 2.89. The molecule has 1 amide bonds. The molecular formula is C12H20ClN3OS. The maximum absolute atomic E-state index is 12.1. The zero-order chi connectivity index (χ0) is 12.1. The van der Waals surface area contributed by atoms with Crippen molar-refractivity contribution in [1.29, 1.82) is 0 Å². The number of amides is 1. The Kier molecular flexibility index (Phi) is 6.60. The van der Waals surface area contributed by atoms with E-state index in [1.165, 1.54) is 0 Å². The van der Waals surface area contributed by atoms with E-state index in [0.717, 1.165) is 37.4 Å². The normalized spacial score (nSPS) is 17.8. The van der Waals surface area contributed by atoms with Crippen molar-refractivity contribution in [3.05, 3.63) is 16.6 Å². The number of hydrogen-bond acceptors (Lipinski definition) is 4. The van der Waals surface area contributed by atoms with Crippen LogP contribution < -0.4 is 10.6 Å². The minimum absolute atomic E-state index is 0. The van der Waals surface area contributed by atoms with Crippen LogP contribution in [0.3, 0.4) is 0 Å². The molecule has 2 N–H and O–H groups in total. The lowest BCUT2D eigenvalue weighted by Crippen LogP contribution is -2.39. The molecule has 18 heavy (non-hydrogen) atoms. The lowest BCUT2D eigenvalue weighted by molar-refractivity contribution is -0.126. The Morgan fingerprint density at radius 2 is 2.33 bits per heavy atom. The Morgan fingerprint density at radius 1 is 1.61 bits per heavy atom. The SMILES string of the molecule is CCC(NC(=O)C1CCNCC1)c1nccs1.Cl. The molecule has 1 aliphatic rings. The molecule has 0 aliphatic carbocycles. The van der Waals surface area contributed by atoms with Crippen molar-refractivity contribution in [2.24, 2.45) is 5.92 Å². The lowest BCUT2D eigenvalue weighted by atomic mass is 9.97. The van der Waals surface area contributed by atoms with Crippen molar-refractivity contribution >= 4 is 29.7 Å². The van der Waals surface area contributed by atoms with Gasteiger partial charge in [-0.1, -0.05) is 6.92 Å².